The van der Waals surface area contributed by atoms with Gasteiger partial charge in [-0.05, 0) is 19.3 Å². The lowest BCUT2D eigenvalue weighted by Gasteiger charge is -2.25. The highest BCUT2D eigenvalue weighted by Gasteiger charge is 2.17. The number of allylic oxidation sites excluding steroid dienone is 8. The van der Waals surface area contributed by atoms with Crippen LogP contribution >= 0.6 is 0 Å². The van der Waals surface area contributed by atoms with E-state index in [2.05, 4.69) is 0 Å². The number of carbonyl (C=O) groups is 1. The van der Waals surface area contributed by atoms with Crippen LogP contribution in [0.5, 0.6) is 0 Å². The topological polar surface area (TPSA) is 57.5 Å². The largest absolute Gasteiger partial charge is 0.481 e. The van der Waals surface area contributed by atoms with Gasteiger partial charge in [-0.25, -0.2) is 0 Å². The maximum atomic E-state index is 10.5. The van der Waals surface area contributed by atoms with Crippen LogP contribution < -0.4 is 0 Å². The van der Waals surface area contributed by atoms with Gasteiger partial charge >= 0.3 is 5.97 Å². The van der Waals surface area contributed by atoms with Gasteiger partial charge in [0.2, 0.25) is 0 Å². The van der Waals surface area contributed by atoms with Crippen LogP contribution in [-0.2, 0) is 4.79 Å². The summed E-state index contributed by atoms with van der Waals surface area (Å²) >= 11 is 0. The summed E-state index contributed by atoms with van der Waals surface area (Å²) in [5.74, 6) is -0.888. The lowest BCUT2D eigenvalue weighted by Crippen LogP contribution is -2.23. The number of hydrogen-bond donors (Lipinski definition) is 2. The molecule has 0 rings (SSSR count). The van der Waals surface area contributed by atoms with Gasteiger partial charge in [-0.2, -0.15) is 0 Å². The second-order valence-electron chi connectivity index (χ2n) is 7.39. The highest BCUT2D eigenvalue weighted by atomic mass is 16.4. The van der Waals surface area contributed by atoms with Crippen LogP contribution in [0, 0.1) is 0 Å². The Bertz CT molecular complexity index is 691. The van der Waals surface area contributed by atoms with Crippen molar-refractivity contribution in [2.45, 2.75) is 53.7 Å². The van der Waals surface area contributed by atoms with E-state index in [1.165, 1.54) is 42.5 Å². The summed E-state index contributed by atoms with van der Waals surface area (Å²) in [5, 5.41) is 14.6. The van der Waals surface area contributed by atoms with Crippen LogP contribution in [0.1, 0.15) is 32.6 Å². The quantitative estimate of drug-likeness (QED) is 0.287. The van der Waals surface area contributed by atoms with Crippen LogP contribution in [0.25, 0.3) is 0 Å². The second kappa shape index (κ2) is 12.4. The maximum Gasteiger partial charge on any atom is 0.303 e. The molecule has 0 amide bonds. The molecule has 0 aromatic heterocycles. The van der Waals surface area contributed by atoms with Gasteiger partial charge in [0.15, 0.2) is 0 Å². The number of carboxylic acid groups (broad SMARTS) is 1. The Kier molecular flexibility index (Phi) is 11.9. The van der Waals surface area contributed by atoms with E-state index >= 15 is 0 Å². The van der Waals surface area contributed by atoms with Crippen LogP contribution in [0.4, 0.5) is 0 Å². The monoisotopic (exact) mass is 388 g/mol. The summed E-state index contributed by atoms with van der Waals surface area (Å²) in [6, 6.07) is 0. The Balaban J connectivity index is 5.01. The summed E-state index contributed by atoms with van der Waals surface area (Å²) in [6.45, 7) is 1.95. The molecule has 0 aliphatic carbocycles. The molecule has 0 saturated carbocycles. The zero-order chi connectivity index (χ0) is 23.5. The van der Waals surface area contributed by atoms with Gasteiger partial charge in [0.25, 0.3) is 0 Å². The molecular formula is C20H23B7O3. The minimum absolute atomic E-state index is 0.0291. The van der Waals surface area contributed by atoms with Crippen LogP contribution in [0.2, 0.25) is 15.6 Å². The minimum atomic E-state index is -1.81. The number of hydrogen-bond acceptors (Lipinski definition) is 2. The molecular weight excluding hydrogens is 364 g/mol. The Labute approximate surface area is 190 Å². The van der Waals surface area contributed by atoms with Crippen molar-refractivity contribution < 1.29 is 15.0 Å². The van der Waals surface area contributed by atoms with Crippen molar-refractivity contribution in [2.75, 3.05) is 0 Å². The number of carboxylic acids is 1. The van der Waals surface area contributed by atoms with E-state index < -0.39 is 27.1 Å². The van der Waals surface area contributed by atoms with Crippen LogP contribution in [0.3, 0.4) is 0 Å². The third-order valence-corrected chi connectivity index (χ3v) is 3.75. The first-order chi connectivity index (χ1) is 13.6. The van der Waals surface area contributed by atoms with Crippen molar-refractivity contribution in [1.29, 1.82) is 0 Å². The fourth-order valence-corrected chi connectivity index (χ4v) is 2.04. The van der Waals surface area contributed by atoms with Gasteiger partial charge < -0.3 is 10.2 Å². The zero-order valence-electron chi connectivity index (χ0n) is 17.4. The first kappa shape index (κ1) is 28.6. The lowest BCUT2D eigenvalue weighted by atomic mass is 9.48. The van der Waals surface area contributed by atoms with E-state index in [-0.39, 0.29) is 6.42 Å². The molecule has 0 aromatic carbocycles. The van der Waals surface area contributed by atoms with Crippen LogP contribution in [0.15, 0.2) is 60.8 Å². The molecule has 0 spiro atoms. The molecule has 142 valence electrons. The molecule has 2 N–H and O–H groups in total. The SMILES string of the molecule is [B]C([B])(/C=C\CC)/C=C\C([B])([B])/C=C\C([B])([B])/C=C\C([B])(O)/C=C\CCCC(=O)O. The first-order valence-electron chi connectivity index (χ1n) is 9.53. The van der Waals surface area contributed by atoms with Crippen molar-refractivity contribution in [3.05, 3.63) is 60.8 Å². The third-order valence-electron chi connectivity index (χ3n) is 3.75. The Morgan fingerprint density at radius 1 is 0.733 bits per heavy atom. The molecule has 3 nitrogen and oxygen atoms in total. The molecule has 1 unspecified atom stereocenters. The normalized spacial score (nSPS) is 16.3. The van der Waals surface area contributed by atoms with Gasteiger partial charge in [0, 0.05) is 6.42 Å². The van der Waals surface area contributed by atoms with E-state index in [0.29, 0.717) is 12.8 Å². The minimum Gasteiger partial charge on any atom is -0.481 e. The Morgan fingerprint density at radius 3 is 1.60 bits per heavy atom. The average Bonchev–Trinajstić information content (AvgIpc) is 2.62. The van der Waals surface area contributed by atoms with Crippen LogP contribution in [-0.4, -0.2) is 76.6 Å². The summed E-state index contributed by atoms with van der Waals surface area (Å²) in [5.41, 5.74) is -1.81. The Hall–Kier alpha value is -1.42. The van der Waals surface area contributed by atoms with E-state index in [1.54, 1.807) is 12.2 Å². The van der Waals surface area contributed by atoms with Crippen molar-refractivity contribution in [3.63, 3.8) is 0 Å². The number of unbranched alkanes of at least 4 members (excludes halogenated alkanes) is 1. The molecule has 10 heteroatoms. The zero-order valence-corrected chi connectivity index (χ0v) is 17.4. The maximum absolute atomic E-state index is 10.5. The third kappa shape index (κ3) is 15.4. The standard InChI is InChI=1S/C20H23B7O3/c1-2-3-8-17(21,22)10-11-18(23,24)12-13-19(25,26)14-15-20(27,30)9-6-4-5-7-16(28)29/h3,6,8-15,30H,2,4-5,7H2,1H3,(H,28,29)/b8-3-,9-6-,11-10-,13-12-,15-14-. The van der Waals surface area contributed by atoms with E-state index in [0.717, 1.165) is 6.42 Å². The fourth-order valence-electron chi connectivity index (χ4n) is 2.04. The predicted octanol–water partition coefficient (Wildman–Crippen LogP) is 1.65. The van der Waals surface area contributed by atoms with Gasteiger partial charge in [0.05, 0.1) is 52.6 Å². The molecule has 0 aliphatic heterocycles. The highest BCUT2D eigenvalue weighted by Crippen LogP contribution is 2.30. The second-order valence-corrected chi connectivity index (χ2v) is 7.39. The molecule has 30 heavy (non-hydrogen) atoms. The van der Waals surface area contributed by atoms with Crippen molar-refractivity contribution in [3.8, 4) is 0 Å². The molecule has 0 fully saturated rings. The molecule has 1 atom stereocenters. The number of aliphatic hydroxyl groups is 1. The van der Waals surface area contributed by atoms with Gasteiger partial charge in [-0.1, -0.05) is 83.3 Å². The van der Waals surface area contributed by atoms with Crippen molar-refractivity contribution in [2.24, 2.45) is 0 Å². The Morgan fingerprint density at radius 2 is 1.17 bits per heavy atom. The molecule has 0 heterocycles. The summed E-state index contributed by atoms with van der Waals surface area (Å²) < 4.78 is 0. The molecule has 0 aromatic rings. The molecule has 0 saturated heterocycles. The van der Waals surface area contributed by atoms with Crippen molar-refractivity contribution >= 4 is 60.9 Å². The van der Waals surface area contributed by atoms with E-state index in [4.69, 9.17) is 60.0 Å². The van der Waals surface area contributed by atoms with E-state index in [1.807, 2.05) is 13.0 Å². The number of aliphatic carboxylic acids is 1. The highest BCUT2D eigenvalue weighted by molar-refractivity contribution is 6.45. The predicted molar refractivity (Wildman–Crippen MR) is 131 cm³/mol. The molecule has 14 radical (unpaired) electrons. The van der Waals surface area contributed by atoms with Crippen molar-refractivity contribution in [1.82, 2.24) is 0 Å². The summed E-state index contributed by atoms with van der Waals surface area (Å²) in [4.78, 5) is 10.5. The van der Waals surface area contributed by atoms with Gasteiger partial charge in [-0.15, -0.1) is 0 Å². The smallest absolute Gasteiger partial charge is 0.303 e. The van der Waals surface area contributed by atoms with E-state index in [9.17, 15) is 9.90 Å². The molecule has 0 aliphatic rings. The lowest BCUT2D eigenvalue weighted by molar-refractivity contribution is -0.137. The average molecular weight is 387 g/mol. The summed E-state index contributed by atoms with van der Waals surface area (Å²) in [6.07, 6.45) is 16.1. The van der Waals surface area contributed by atoms with Gasteiger partial charge in [-0.3, -0.25) is 4.79 Å². The first-order valence-corrected chi connectivity index (χ1v) is 9.53. The number of rotatable bonds is 13. The summed E-state index contributed by atoms with van der Waals surface area (Å²) in [7, 11) is 41.3. The fraction of sp³-hybridized carbons (Fsp3) is 0.450. The van der Waals surface area contributed by atoms with Gasteiger partial charge in [0.1, 0.15) is 7.85 Å². The molecule has 0 bridgehead atoms.